The lowest BCUT2D eigenvalue weighted by molar-refractivity contribution is 0.102. The van der Waals surface area contributed by atoms with Gasteiger partial charge in [0.1, 0.15) is 11.1 Å². The van der Waals surface area contributed by atoms with E-state index in [1.165, 1.54) is 32.4 Å². The summed E-state index contributed by atoms with van der Waals surface area (Å²) in [6.45, 7) is 1.91. The van der Waals surface area contributed by atoms with Gasteiger partial charge in [-0.2, -0.15) is 13.2 Å². The number of hydrogen-bond donors (Lipinski definition) is 2. The van der Waals surface area contributed by atoms with Crippen molar-refractivity contribution in [2.24, 2.45) is 5.10 Å². The average molecular weight is 494 g/mol. The highest BCUT2D eigenvalue weighted by Gasteiger charge is 2.18. The maximum Gasteiger partial charge on any atom is 0.276 e. The first kappa shape index (κ1) is 23.8. The fraction of sp³-hybridized carbons (Fsp3) is 0.120. The lowest BCUT2D eigenvalue weighted by Gasteiger charge is -2.10. The molecule has 1 amide bonds. The summed E-state index contributed by atoms with van der Waals surface area (Å²) in [4.78, 5) is 15.1. The van der Waals surface area contributed by atoms with Gasteiger partial charge in [-0.3, -0.25) is 4.79 Å². The monoisotopic (exact) mass is 493 g/mol. The van der Waals surface area contributed by atoms with E-state index in [4.69, 9.17) is 13.9 Å². The average Bonchev–Trinajstić information content (AvgIpc) is 2.86. The third kappa shape index (κ3) is 5.28. The largest absolute Gasteiger partial charge is 0.493 e. The SMILES string of the molecule is COc1ccc(S(=O)(=O)N/N=c2\oc3ccccc3cc2C(=O)Nc2cccc(C)c2)cc1OC. The Hall–Kier alpha value is -4.31. The number of ether oxygens (including phenoxy) is 2. The maximum atomic E-state index is 13.1. The van der Waals surface area contributed by atoms with Crippen molar-refractivity contribution in [2.45, 2.75) is 11.8 Å². The molecule has 0 spiro atoms. The number of anilines is 1. The van der Waals surface area contributed by atoms with E-state index in [0.717, 1.165) is 5.56 Å². The van der Waals surface area contributed by atoms with E-state index in [2.05, 4.69) is 15.2 Å². The van der Waals surface area contributed by atoms with E-state index in [0.29, 0.717) is 22.4 Å². The van der Waals surface area contributed by atoms with Crippen LogP contribution < -0.4 is 25.2 Å². The molecule has 1 aromatic heterocycles. The van der Waals surface area contributed by atoms with Crippen molar-refractivity contribution in [3.63, 3.8) is 0 Å². The Morgan fingerprint density at radius 3 is 2.43 bits per heavy atom. The number of benzene rings is 3. The van der Waals surface area contributed by atoms with Crippen LogP contribution in [0.3, 0.4) is 0 Å². The van der Waals surface area contributed by atoms with Crippen molar-refractivity contribution in [1.82, 2.24) is 4.83 Å². The summed E-state index contributed by atoms with van der Waals surface area (Å²) in [5, 5.41) is 7.40. The van der Waals surface area contributed by atoms with Crippen molar-refractivity contribution in [3.05, 3.63) is 89.5 Å². The maximum absolute atomic E-state index is 13.1. The molecule has 0 saturated carbocycles. The molecule has 0 unspecified atom stereocenters. The first-order valence-electron chi connectivity index (χ1n) is 10.5. The highest BCUT2D eigenvalue weighted by atomic mass is 32.2. The number of carbonyl (C=O) groups excluding carboxylic acids is 1. The van der Waals surface area contributed by atoms with Crippen LogP contribution in [0.25, 0.3) is 11.0 Å². The summed E-state index contributed by atoms with van der Waals surface area (Å²) in [5.74, 6) is 0.112. The van der Waals surface area contributed by atoms with Crippen molar-refractivity contribution >= 4 is 32.6 Å². The Kier molecular flexibility index (Phi) is 6.74. The molecule has 0 saturated heterocycles. The minimum Gasteiger partial charge on any atom is -0.493 e. The Morgan fingerprint density at radius 2 is 1.69 bits per heavy atom. The zero-order valence-electron chi connectivity index (χ0n) is 19.2. The summed E-state index contributed by atoms with van der Waals surface area (Å²) in [6.07, 6.45) is 0. The van der Waals surface area contributed by atoms with Gasteiger partial charge in [0.25, 0.3) is 15.9 Å². The zero-order valence-corrected chi connectivity index (χ0v) is 20.0. The lowest BCUT2D eigenvalue weighted by atomic mass is 10.1. The van der Waals surface area contributed by atoms with Crippen molar-refractivity contribution in [1.29, 1.82) is 0 Å². The number of fused-ring (bicyclic) bond motifs is 1. The van der Waals surface area contributed by atoms with E-state index in [-0.39, 0.29) is 21.8 Å². The Morgan fingerprint density at radius 1 is 0.914 bits per heavy atom. The van der Waals surface area contributed by atoms with Crippen molar-refractivity contribution < 1.29 is 27.1 Å². The molecule has 10 heteroatoms. The number of nitrogens with one attached hydrogen (secondary N) is 2. The fourth-order valence-electron chi connectivity index (χ4n) is 3.37. The second-order valence-electron chi connectivity index (χ2n) is 7.55. The van der Waals surface area contributed by atoms with Gasteiger partial charge in [0.05, 0.1) is 19.1 Å². The molecule has 180 valence electrons. The molecule has 0 radical (unpaired) electrons. The number of nitrogens with zero attached hydrogens (tertiary/aromatic N) is 1. The summed E-state index contributed by atoms with van der Waals surface area (Å²) in [5.41, 5.74) is 1.85. The second kappa shape index (κ2) is 9.90. The van der Waals surface area contributed by atoms with Gasteiger partial charge >= 0.3 is 0 Å². The highest BCUT2D eigenvalue weighted by Crippen LogP contribution is 2.29. The van der Waals surface area contributed by atoms with E-state index < -0.39 is 15.9 Å². The van der Waals surface area contributed by atoms with Crippen LogP contribution in [0.2, 0.25) is 0 Å². The van der Waals surface area contributed by atoms with Gasteiger partial charge in [-0.25, -0.2) is 0 Å². The first-order valence-corrected chi connectivity index (χ1v) is 12.0. The second-order valence-corrected chi connectivity index (χ2v) is 9.21. The molecular formula is C25H23N3O6S. The predicted molar refractivity (Wildman–Crippen MR) is 131 cm³/mol. The van der Waals surface area contributed by atoms with Gasteiger partial charge in [0, 0.05) is 17.1 Å². The number of carbonyl (C=O) groups is 1. The Labute approximate surface area is 202 Å². The summed E-state index contributed by atoms with van der Waals surface area (Å²) in [6, 6.07) is 20.0. The van der Waals surface area contributed by atoms with Crippen LogP contribution in [0.15, 0.2) is 87.2 Å². The number of hydrogen-bond acceptors (Lipinski definition) is 7. The van der Waals surface area contributed by atoms with Gasteiger partial charge in [-0.05, 0) is 48.9 Å². The van der Waals surface area contributed by atoms with Gasteiger partial charge in [0.2, 0.25) is 5.55 Å². The molecule has 0 aliphatic heterocycles. The van der Waals surface area contributed by atoms with Crippen LogP contribution >= 0.6 is 0 Å². The normalized spacial score (nSPS) is 11.8. The van der Waals surface area contributed by atoms with Crippen LogP contribution in [0.1, 0.15) is 15.9 Å². The first-order chi connectivity index (χ1) is 16.8. The third-order valence-electron chi connectivity index (χ3n) is 5.11. The molecule has 35 heavy (non-hydrogen) atoms. The molecule has 0 bridgehead atoms. The Bertz CT molecular complexity index is 1580. The number of rotatable bonds is 7. The fourth-order valence-corrected chi connectivity index (χ4v) is 4.19. The topological polar surface area (TPSA) is 119 Å². The van der Waals surface area contributed by atoms with E-state index >= 15 is 0 Å². The van der Waals surface area contributed by atoms with Gasteiger partial charge in [-0.15, -0.1) is 5.10 Å². The van der Waals surface area contributed by atoms with Crippen LogP contribution in [0, 0.1) is 6.92 Å². The quantitative estimate of drug-likeness (QED) is 0.378. The molecule has 0 atom stereocenters. The summed E-state index contributed by atoms with van der Waals surface area (Å²) < 4.78 is 41.9. The predicted octanol–water partition coefficient (Wildman–Crippen LogP) is 3.80. The molecule has 1 heterocycles. The highest BCUT2D eigenvalue weighted by molar-refractivity contribution is 7.89. The van der Waals surface area contributed by atoms with Gasteiger partial charge < -0.3 is 19.2 Å². The molecule has 0 aliphatic carbocycles. The smallest absolute Gasteiger partial charge is 0.276 e. The van der Waals surface area contributed by atoms with Gasteiger partial charge in [0.15, 0.2) is 11.5 Å². The molecule has 2 N–H and O–H groups in total. The van der Waals surface area contributed by atoms with E-state index in [1.807, 2.05) is 25.1 Å². The number of aryl methyl sites for hydroxylation is 1. The van der Waals surface area contributed by atoms with Crippen LogP contribution in [0.5, 0.6) is 11.5 Å². The molecule has 0 aliphatic rings. The molecule has 4 aromatic rings. The van der Waals surface area contributed by atoms with Crippen LogP contribution in [-0.4, -0.2) is 28.5 Å². The molecule has 0 fully saturated rings. The van der Waals surface area contributed by atoms with E-state index in [9.17, 15) is 13.2 Å². The van der Waals surface area contributed by atoms with Crippen molar-refractivity contribution in [3.8, 4) is 11.5 Å². The third-order valence-corrected chi connectivity index (χ3v) is 6.32. The molecule has 9 nitrogen and oxygen atoms in total. The standard InChI is InChI=1S/C25H23N3O6S/c1-16-7-6-9-18(13-16)26-24(29)20-14-17-8-4-5-10-21(17)34-25(20)27-28-35(30,31)19-11-12-22(32-2)23(15-19)33-3/h4-15,28H,1-3H3,(H,26,29)/b27-25-. The molecule has 4 rings (SSSR count). The molecule has 3 aromatic carbocycles. The van der Waals surface area contributed by atoms with Crippen LogP contribution in [0.4, 0.5) is 5.69 Å². The Balaban J connectivity index is 1.74. The number of sulfonamides is 1. The zero-order chi connectivity index (χ0) is 25.0. The van der Waals surface area contributed by atoms with Crippen LogP contribution in [-0.2, 0) is 10.0 Å². The minimum absolute atomic E-state index is 0.0558. The van der Waals surface area contributed by atoms with E-state index in [1.54, 1.807) is 36.4 Å². The number of para-hydroxylation sites is 1. The minimum atomic E-state index is -4.12. The van der Waals surface area contributed by atoms with Crippen molar-refractivity contribution in [2.75, 3.05) is 19.5 Å². The molecular weight excluding hydrogens is 470 g/mol. The summed E-state index contributed by atoms with van der Waals surface area (Å²) in [7, 11) is -1.27. The van der Waals surface area contributed by atoms with Gasteiger partial charge in [-0.1, -0.05) is 30.3 Å². The number of methoxy groups -OCH3 is 2. The summed E-state index contributed by atoms with van der Waals surface area (Å²) >= 11 is 0. The number of amides is 1. The lowest BCUT2D eigenvalue weighted by Crippen LogP contribution is -2.27.